The maximum absolute atomic E-state index is 3.60. The van der Waals surface area contributed by atoms with E-state index in [1.54, 1.807) is 0 Å². The van der Waals surface area contributed by atoms with Crippen molar-refractivity contribution in [2.75, 3.05) is 44.7 Å². The Balaban J connectivity index is 1.54. The molecule has 19 heavy (non-hydrogen) atoms. The highest BCUT2D eigenvalue weighted by Crippen LogP contribution is 2.11. The maximum atomic E-state index is 3.60. The fraction of sp³-hybridized carbons (Fsp3) is 0.625. The number of hydrogen-bond donors (Lipinski definition) is 2. The van der Waals surface area contributed by atoms with Crippen LogP contribution in [0.25, 0.3) is 0 Å². The molecule has 1 saturated heterocycles. The van der Waals surface area contributed by atoms with Crippen LogP contribution in [0, 0.1) is 5.92 Å². The zero-order valence-electron chi connectivity index (χ0n) is 12.1. The minimum Gasteiger partial charge on any atom is -0.375 e. The summed E-state index contributed by atoms with van der Waals surface area (Å²) in [5, 5.41) is 7.06. The topological polar surface area (TPSA) is 27.3 Å². The molecule has 0 aliphatic carbocycles. The molecular weight excluding hydrogens is 234 g/mol. The summed E-state index contributed by atoms with van der Waals surface area (Å²) in [5.74, 6) is 0.834. The van der Waals surface area contributed by atoms with Gasteiger partial charge < -0.3 is 15.5 Å². The van der Waals surface area contributed by atoms with E-state index in [-0.39, 0.29) is 0 Å². The molecule has 1 unspecified atom stereocenters. The van der Waals surface area contributed by atoms with E-state index in [2.05, 4.69) is 52.9 Å². The summed E-state index contributed by atoms with van der Waals surface area (Å²) in [4.78, 5) is 2.32. The van der Waals surface area contributed by atoms with E-state index >= 15 is 0 Å². The van der Waals surface area contributed by atoms with Gasteiger partial charge in [0.15, 0.2) is 0 Å². The third-order valence-electron chi connectivity index (χ3n) is 3.88. The molecule has 0 radical (unpaired) electrons. The predicted octanol–water partition coefficient (Wildman–Crippen LogP) is 2.10. The Hall–Kier alpha value is -1.06. The van der Waals surface area contributed by atoms with Crippen LogP contribution in [0.15, 0.2) is 30.3 Å². The molecule has 0 bridgehead atoms. The normalized spacial score (nSPS) is 19.3. The Morgan fingerprint density at radius 3 is 2.89 bits per heavy atom. The van der Waals surface area contributed by atoms with Crippen LogP contribution in [0.4, 0.5) is 5.69 Å². The lowest BCUT2D eigenvalue weighted by atomic mass is 10.00. The first-order chi connectivity index (χ1) is 9.36. The van der Waals surface area contributed by atoms with Gasteiger partial charge in [-0.3, -0.25) is 0 Å². The molecule has 1 atom stereocenters. The second kappa shape index (κ2) is 8.18. The molecule has 1 heterocycles. The third-order valence-corrected chi connectivity index (χ3v) is 3.88. The van der Waals surface area contributed by atoms with Crippen LogP contribution in [0.5, 0.6) is 0 Å². The third kappa shape index (κ3) is 5.21. The highest BCUT2D eigenvalue weighted by atomic mass is 15.1. The molecule has 0 aromatic heterocycles. The molecular formula is C16H27N3. The minimum atomic E-state index is 0.834. The summed E-state index contributed by atoms with van der Waals surface area (Å²) in [7, 11) is 2.17. The van der Waals surface area contributed by atoms with Crippen LogP contribution in [0.3, 0.4) is 0 Å². The van der Waals surface area contributed by atoms with Crippen molar-refractivity contribution in [3.8, 4) is 0 Å². The number of para-hydroxylation sites is 1. The lowest BCUT2D eigenvalue weighted by molar-refractivity contribution is 0.360. The highest BCUT2D eigenvalue weighted by Gasteiger charge is 2.11. The summed E-state index contributed by atoms with van der Waals surface area (Å²) in [5.41, 5.74) is 1.30. The Kier molecular flexibility index (Phi) is 6.18. The fourth-order valence-corrected chi connectivity index (χ4v) is 2.66. The molecule has 2 rings (SSSR count). The van der Waals surface area contributed by atoms with Crippen molar-refractivity contribution < 1.29 is 0 Å². The maximum Gasteiger partial charge on any atom is 0.0363 e. The average Bonchev–Trinajstić information content (AvgIpc) is 2.49. The standard InChI is InChI=1S/C16H27N3/c1-19(16-8-3-2-4-9-16)12-6-11-18-14-15-7-5-10-17-13-15/h2-4,8-9,15,17-18H,5-7,10-14H2,1H3. The molecule has 1 fully saturated rings. The van der Waals surface area contributed by atoms with Gasteiger partial charge >= 0.3 is 0 Å². The molecule has 3 nitrogen and oxygen atoms in total. The molecule has 106 valence electrons. The molecule has 1 aromatic rings. The predicted molar refractivity (Wildman–Crippen MR) is 82.8 cm³/mol. The lowest BCUT2D eigenvalue weighted by Crippen LogP contribution is -2.36. The minimum absolute atomic E-state index is 0.834. The molecule has 1 aromatic carbocycles. The molecule has 3 heteroatoms. The fourth-order valence-electron chi connectivity index (χ4n) is 2.66. The number of hydrogen-bond acceptors (Lipinski definition) is 3. The highest BCUT2D eigenvalue weighted by molar-refractivity contribution is 5.44. The number of anilines is 1. The van der Waals surface area contributed by atoms with Crippen LogP contribution < -0.4 is 15.5 Å². The Bertz CT molecular complexity index is 333. The summed E-state index contributed by atoms with van der Waals surface area (Å²) < 4.78 is 0. The van der Waals surface area contributed by atoms with Crippen molar-refractivity contribution in [1.82, 2.24) is 10.6 Å². The van der Waals surface area contributed by atoms with Crippen molar-refractivity contribution >= 4 is 5.69 Å². The molecule has 2 N–H and O–H groups in total. The van der Waals surface area contributed by atoms with Crippen LogP contribution in [-0.4, -0.2) is 39.8 Å². The smallest absolute Gasteiger partial charge is 0.0363 e. The monoisotopic (exact) mass is 261 g/mol. The van der Waals surface area contributed by atoms with Gasteiger partial charge in [-0.2, -0.15) is 0 Å². The van der Waals surface area contributed by atoms with E-state index in [0.717, 1.165) is 19.0 Å². The van der Waals surface area contributed by atoms with Crippen LogP contribution in [0.1, 0.15) is 19.3 Å². The van der Waals surface area contributed by atoms with E-state index in [9.17, 15) is 0 Å². The average molecular weight is 261 g/mol. The van der Waals surface area contributed by atoms with Gasteiger partial charge in [0.25, 0.3) is 0 Å². The van der Waals surface area contributed by atoms with Gasteiger partial charge in [-0.05, 0) is 63.5 Å². The van der Waals surface area contributed by atoms with Crippen LogP contribution >= 0.6 is 0 Å². The lowest BCUT2D eigenvalue weighted by Gasteiger charge is -2.23. The number of nitrogens with one attached hydrogen (secondary N) is 2. The van der Waals surface area contributed by atoms with Gasteiger partial charge in [-0.1, -0.05) is 18.2 Å². The van der Waals surface area contributed by atoms with E-state index < -0.39 is 0 Å². The van der Waals surface area contributed by atoms with Crippen molar-refractivity contribution in [2.24, 2.45) is 5.92 Å². The second-order valence-corrected chi connectivity index (χ2v) is 5.53. The summed E-state index contributed by atoms with van der Waals surface area (Å²) in [6, 6.07) is 10.6. The van der Waals surface area contributed by atoms with Gasteiger partial charge in [0, 0.05) is 19.3 Å². The molecule has 1 aliphatic rings. The number of benzene rings is 1. The first kappa shape index (κ1) is 14.4. The molecule has 0 amide bonds. The number of nitrogens with zero attached hydrogens (tertiary/aromatic N) is 1. The van der Waals surface area contributed by atoms with Crippen LogP contribution in [0.2, 0.25) is 0 Å². The van der Waals surface area contributed by atoms with Crippen LogP contribution in [-0.2, 0) is 0 Å². The van der Waals surface area contributed by atoms with Gasteiger partial charge in [0.2, 0.25) is 0 Å². The molecule has 1 aliphatic heterocycles. The largest absolute Gasteiger partial charge is 0.375 e. The number of rotatable bonds is 7. The van der Waals surface area contributed by atoms with E-state index in [1.165, 1.54) is 44.6 Å². The SMILES string of the molecule is CN(CCCNCC1CCCNC1)c1ccccc1. The van der Waals surface area contributed by atoms with Crippen molar-refractivity contribution in [2.45, 2.75) is 19.3 Å². The molecule has 0 saturated carbocycles. The summed E-state index contributed by atoms with van der Waals surface area (Å²) in [6.45, 7) is 5.80. The Morgan fingerprint density at radius 1 is 1.32 bits per heavy atom. The zero-order valence-corrected chi connectivity index (χ0v) is 12.1. The summed E-state index contributed by atoms with van der Waals surface area (Å²) in [6.07, 6.45) is 3.92. The first-order valence-electron chi connectivity index (χ1n) is 7.54. The Labute approximate surface area is 117 Å². The van der Waals surface area contributed by atoms with Gasteiger partial charge in [0.05, 0.1) is 0 Å². The number of piperidine rings is 1. The van der Waals surface area contributed by atoms with Gasteiger partial charge in [-0.25, -0.2) is 0 Å². The second-order valence-electron chi connectivity index (χ2n) is 5.53. The Morgan fingerprint density at radius 2 is 2.16 bits per heavy atom. The van der Waals surface area contributed by atoms with Gasteiger partial charge in [-0.15, -0.1) is 0 Å². The van der Waals surface area contributed by atoms with Crippen molar-refractivity contribution in [3.05, 3.63) is 30.3 Å². The molecule has 0 spiro atoms. The van der Waals surface area contributed by atoms with E-state index in [1.807, 2.05) is 0 Å². The van der Waals surface area contributed by atoms with E-state index in [4.69, 9.17) is 0 Å². The van der Waals surface area contributed by atoms with Crippen molar-refractivity contribution in [3.63, 3.8) is 0 Å². The first-order valence-corrected chi connectivity index (χ1v) is 7.54. The van der Waals surface area contributed by atoms with Gasteiger partial charge in [0.1, 0.15) is 0 Å². The summed E-state index contributed by atoms with van der Waals surface area (Å²) >= 11 is 0. The van der Waals surface area contributed by atoms with Crippen molar-refractivity contribution in [1.29, 1.82) is 0 Å². The zero-order chi connectivity index (χ0) is 13.3. The van der Waals surface area contributed by atoms with E-state index in [0.29, 0.717) is 0 Å². The quantitative estimate of drug-likeness (QED) is 0.736.